The maximum absolute atomic E-state index is 6.29. The summed E-state index contributed by atoms with van der Waals surface area (Å²) in [4.78, 5) is 15.7. The van der Waals surface area contributed by atoms with E-state index < -0.39 is 0 Å². The van der Waals surface area contributed by atoms with Gasteiger partial charge < -0.3 is 4.42 Å². The van der Waals surface area contributed by atoms with Gasteiger partial charge in [-0.2, -0.15) is 0 Å². The van der Waals surface area contributed by atoms with Crippen LogP contribution in [0.15, 0.2) is 192 Å². The summed E-state index contributed by atoms with van der Waals surface area (Å²) >= 11 is 0. The zero-order chi connectivity index (χ0) is 35.1. The fraction of sp³-hybridized carbons (Fsp3) is 0. The Labute approximate surface area is 306 Å². The molecule has 248 valence electrons. The van der Waals surface area contributed by atoms with E-state index in [1.807, 2.05) is 36.4 Å². The van der Waals surface area contributed by atoms with Gasteiger partial charge in [0.25, 0.3) is 0 Å². The number of hydrogen-bond acceptors (Lipinski definition) is 4. The zero-order valence-electron chi connectivity index (χ0n) is 28.6. The van der Waals surface area contributed by atoms with Crippen LogP contribution in [0.2, 0.25) is 0 Å². The largest absolute Gasteiger partial charge is 0.456 e. The molecule has 0 unspecified atom stereocenters. The third-order valence-corrected chi connectivity index (χ3v) is 9.95. The number of nitrogens with zero attached hydrogens (tertiary/aromatic N) is 3. The number of aromatic nitrogens is 3. The highest BCUT2D eigenvalue weighted by Crippen LogP contribution is 2.40. The van der Waals surface area contributed by atoms with E-state index in [0.29, 0.717) is 17.5 Å². The van der Waals surface area contributed by atoms with Crippen LogP contribution in [0.4, 0.5) is 0 Å². The van der Waals surface area contributed by atoms with E-state index in [2.05, 4.69) is 152 Å². The fourth-order valence-electron chi connectivity index (χ4n) is 7.42. The first-order valence-corrected chi connectivity index (χ1v) is 17.8. The van der Waals surface area contributed by atoms with E-state index in [9.17, 15) is 0 Å². The molecule has 4 heteroatoms. The van der Waals surface area contributed by atoms with Gasteiger partial charge in [-0.25, -0.2) is 15.0 Å². The monoisotopic (exact) mass is 677 g/mol. The normalized spacial score (nSPS) is 11.4. The van der Waals surface area contributed by atoms with Gasteiger partial charge in [-0.3, -0.25) is 0 Å². The highest BCUT2D eigenvalue weighted by Gasteiger charge is 2.19. The van der Waals surface area contributed by atoms with Crippen LogP contribution >= 0.6 is 0 Å². The van der Waals surface area contributed by atoms with Crippen molar-refractivity contribution in [1.82, 2.24) is 15.0 Å². The van der Waals surface area contributed by atoms with Crippen LogP contribution in [0.3, 0.4) is 0 Å². The zero-order valence-corrected chi connectivity index (χ0v) is 28.6. The van der Waals surface area contributed by atoms with Gasteiger partial charge in [-0.05, 0) is 68.4 Å². The van der Waals surface area contributed by atoms with E-state index in [4.69, 9.17) is 19.4 Å². The molecule has 10 rings (SSSR count). The van der Waals surface area contributed by atoms with E-state index >= 15 is 0 Å². The van der Waals surface area contributed by atoms with Gasteiger partial charge in [0, 0.05) is 27.5 Å². The van der Waals surface area contributed by atoms with Crippen LogP contribution in [0, 0.1) is 0 Å². The van der Waals surface area contributed by atoms with Crippen molar-refractivity contribution in [2.75, 3.05) is 0 Å². The molecule has 0 amide bonds. The lowest BCUT2D eigenvalue weighted by Gasteiger charge is -2.15. The first-order chi connectivity index (χ1) is 26.3. The van der Waals surface area contributed by atoms with Crippen LogP contribution < -0.4 is 0 Å². The van der Waals surface area contributed by atoms with Crippen LogP contribution in [-0.4, -0.2) is 15.0 Å². The Morgan fingerprint density at radius 2 is 0.868 bits per heavy atom. The maximum Gasteiger partial charge on any atom is 0.164 e. The fourth-order valence-corrected chi connectivity index (χ4v) is 7.42. The van der Waals surface area contributed by atoms with Crippen LogP contribution in [0.25, 0.3) is 100 Å². The number of furan rings is 1. The number of para-hydroxylation sites is 1. The Kier molecular flexibility index (Phi) is 7.43. The average Bonchev–Trinajstić information content (AvgIpc) is 3.63. The number of rotatable bonds is 6. The lowest BCUT2D eigenvalue weighted by molar-refractivity contribution is 0.669. The summed E-state index contributed by atoms with van der Waals surface area (Å²) < 4.78 is 6.29. The van der Waals surface area contributed by atoms with Crippen molar-refractivity contribution in [3.63, 3.8) is 0 Å². The van der Waals surface area contributed by atoms with E-state index in [1.165, 1.54) is 10.8 Å². The third-order valence-electron chi connectivity index (χ3n) is 9.95. The summed E-state index contributed by atoms with van der Waals surface area (Å²) in [5.74, 6) is 1.79. The smallest absolute Gasteiger partial charge is 0.164 e. The van der Waals surface area contributed by atoms with Crippen molar-refractivity contribution < 1.29 is 4.42 Å². The van der Waals surface area contributed by atoms with Crippen molar-refractivity contribution in [3.05, 3.63) is 188 Å². The molecule has 2 heterocycles. The van der Waals surface area contributed by atoms with Gasteiger partial charge in [0.15, 0.2) is 17.5 Å². The van der Waals surface area contributed by atoms with Crippen molar-refractivity contribution in [2.45, 2.75) is 0 Å². The highest BCUT2D eigenvalue weighted by molar-refractivity contribution is 6.11. The molecular weight excluding hydrogens is 647 g/mol. The van der Waals surface area contributed by atoms with Gasteiger partial charge in [0.2, 0.25) is 0 Å². The topological polar surface area (TPSA) is 51.8 Å². The lowest BCUT2D eigenvalue weighted by Crippen LogP contribution is -2.01. The first-order valence-electron chi connectivity index (χ1n) is 17.8. The molecule has 8 aromatic carbocycles. The second-order valence-corrected chi connectivity index (χ2v) is 13.2. The Balaban J connectivity index is 1.22. The van der Waals surface area contributed by atoms with Gasteiger partial charge in [0.1, 0.15) is 11.2 Å². The Morgan fingerprint density at radius 1 is 0.302 bits per heavy atom. The second-order valence-electron chi connectivity index (χ2n) is 13.2. The van der Waals surface area contributed by atoms with Crippen LogP contribution in [-0.2, 0) is 0 Å². The lowest BCUT2D eigenvalue weighted by atomic mass is 9.90. The number of fused-ring (bicyclic) bond motifs is 4. The minimum absolute atomic E-state index is 0.589. The summed E-state index contributed by atoms with van der Waals surface area (Å²) in [6, 6.07) is 65.2. The standard InChI is InChI=1S/C49H31N3O/c1-3-14-32(15-4-1)35-20-11-21-36(30-35)47-50-48(52-49(51-47)42-25-13-27-45-46(42)41-23-9-10-26-44(41)53-45)37-28-29-39(33-16-5-2-6-17-33)43(31-37)40-24-12-19-34-18-7-8-22-38(34)40/h1-31H. The van der Waals surface area contributed by atoms with Gasteiger partial charge in [0.05, 0.1) is 0 Å². The van der Waals surface area contributed by atoms with Crippen molar-refractivity contribution in [2.24, 2.45) is 0 Å². The molecule has 0 saturated carbocycles. The predicted molar refractivity (Wildman–Crippen MR) is 217 cm³/mol. The molecule has 2 aromatic heterocycles. The molecule has 10 aromatic rings. The summed E-state index contributed by atoms with van der Waals surface area (Å²) in [6.07, 6.45) is 0. The maximum atomic E-state index is 6.29. The molecule has 0 aliphatic carbocycles. The SMILES string of the molecule is c1ccc(-c2cccc(-c3nc(-c4ccc(-c5ccccc5)c(-c5cccc6ccccc56)c4)nc(-c4cccc5oc6ccccc6c45)n3)c2)cc1. The molecule has 0 saturated heterocycles. The molecule has 0 aliphatic heterocycles. The summed E-state index contributed by atoms with van der Waals surface area (Å²) in [5.41, 5.74) is 11.1. The molecule has 0 spiro atoms. The van der Waals surface area contributed by atoms with E-state index in [-0.39, 0.29) is 0 Å². The molecule has 4 nitrogen and oxygen atoms in total. The van der Waals surface area contributed by atoms with E-state index in [1.54, 1.807) is 0 Å². The molecule has 0 atom stereocenters. The van der Waals surface area contributed by atoms with Crippen LogP contribution in [0.1, 0.15) is 0 Å². The summed E-state index contributed by atoms with van der Waals surface area (Å²) in [7, 11) is 0. The molecule has 0 aliphatic rings. The highest BCUT2D eigenvalue weighted by atomic mass is 16.3. The molecule has 0 radical (unpaired) electrons. The minimum Gasteiger partial charge on any atom is -0.456 e. The quantitative estimate of drug-likeness (QED) is 0.176. The van der Waals surface area contributed by atoms with Crippen LogP contribution in [0.5, 0.6) is 0 Å². The molecule has 0 N–H and O–H groups in total. The Hall–Kier alpha value is -7.17. The molecule has 0 bridgehead atoms. The second kappa shape index (κ2) is 12.9. The van der Waals surface area contributed by atoms with Crippen molar-refractivity contribution >= 4 is 32.7 Å². The Morgan fingerprint density at radius 3 is 1.70 bits per heavy atom. The predicted octanol–water partition coefficient (Wildman–Crippen LogP) is 12.9. The van der Waals surface area contributed by atoms with Gasteiger partial charge >= 0.3 is 0 Å². The number of hydrogen-bond donors (Lipinski definition) is 0. The number of benzene rings is 8. The summed E-state index contributed by atoms with van der Waals surface area (Å²) in [6.45, 7) is 0. The Bertz CT molecular complexity index is 2940. The average molecular weight is 678 g/mol. The van der Waals surface area contributed by atoms with Crippen molar-refractivity contribution in [1.29, 1.82) is 0 Å². The van der Waals surface area contributed by atoms with Gasteiger partial charge in [-0.1, -0.05) is 164 Å². The molecule has 0 fully saturated rings. The molecule has 53 heavy (non-hydrogen) atoms. The third kappa shape index (κ3) is 5.54. The summed E-state index contributed by atoms with van der Waals surface area (Å²) in [5, 5.41) is 4.40. The van der Waals surface area contributed by atoms with Gasteiger partial charge in [-0.15, -0.1) is 0 Å². The first kappa shape index (κ1) is 30.6. The minimum atomic E-state index is 0.589. The van der Waals surface area contributed by atoms with E-state index in [0.717, 1.165) is 72.0 Å². The molecular formula is C49H31N3O. The van der Waals surface area contributed by atoms with Crippen molar-refractivity contribution in [3.8, 4) is 67.5 Å².